The summed E-state index contributed by atoms with van der Waals surface area (Å²) in [4.78, 5) is 24.0. The van der Waals surface area contributed by atoms with Crippen LogP contribution in [0.25, 0.3) is 17.3 Å². The van der Waals surface area contributed by atoms with Gasteiger partial charge in [0.05, 0.1) is 22.7 Å². The summed E-state index contributed by atoms with van der Waals surface area (Å²) in [6, 6.07) is 18.3. The van der Waals surface area contributed by atoms with Crippen molar-refractivity contribution in [3.05, 3.63) is 77.1 Å². The van der Waals surface area contributed by atoms with Gasteiger partial charge in [0.1, 0.15) is 12.1 Å². The lowest BCUT2D eigenvalue weighted by atomic mass is 9.98. The first-order valence-corrected chi connectivity index (χ1v) is 9.07. The predicted octanol–water partition coefficient (Wildman–Crippen LogP) is 2.02. The van der Waals surface area contributed by atoms with E-state index in [1.807, 2.05) is 30.3 Å². The molecule has 2 aromatic carbocycles. The number of carbonyl (C=O) groups is 1. The fourth-order valence-corrected chi connectivity index (χ4v) is 3.23. The Hall–Kier alpha value is -4.05. The second-order valence-electron chi connectivity index (χ2n) is 6.70. The average molecular weight is 383 g/mol. The van der Waals surface area contributed by atoms with E-state index in [4.69, 9.17) is 5.11 Å². The van der Waals surface area contributed by atoms with Crippen molar-refractivity contribution in [3.8, 4) is 17.3 Å². The first-order valence-electron chi connectivity index (χ1n) is 9.07. The van der Waals surface area contributed by atoms with Gasteiger partial charge in [-0.2, -0.15) is 5.26 Å². The Labute approximate surface area is 166 Å². The van der Waals surface area contributed by atoms with E-state index in [1.54, 1.807) is 30.3 Å². The Kier molecular flexibility index (Phi) is 4.75. The molecule has 0 radical (unpaired) electrons. The van der Waals surface area contributed by atoms with Crippen molar-refractivity contribution in [1.29, 1.82) is 5.26 Å². The van der Waals surface area contributed by atoms with Crippen LogP contribution in [0.15, 0.2) is 65.9 Å². The van der Waals surface area contributed by atoms with E-state index in [-0.39, 0.29) is 5.56 Å². The van der Waals surface area contributed by atoms with Gasteiger partial charge in [0.15, 0.2) is 5.54 Å². The van der Waals surface area contributed by atoms with Crippen LogP contribution >= 0.6 is 0 Å². The number of benzene rings is 2. The normalized spacial score (nSPS) is 16.8. The van der Waals surface area contributed by atoms with Gasteiger partial charge < -0.3 is 10.4 Å². The van der Waals surface area contributed by atoms with E-state index in [1.165, 1.54) is 6.33 Å². The minimum atomic E-state index is -0.968. The van der Waals surface area contributed by atoms with Crippen LogP contribution in [-0.2, 0) is 0 Å². The van der Waals surface area contributed by atoms with Gasteiger partial charge in [0, 0.05) is 24.6 Å². The molecule has 0 aliphatic carbocycles. The highest BCUT2D eigenvalue weighted by atomic mass is 16.4. The van der Waals surface area contributed by atoms with Crippen LogP contribution in [0.4, 0.5) is 5.82 Å². The average Bonchev–Trinajstić information content (AvgIpc) is 3.13. The monoisotopic (exact) mass is 383 g/mol. The number of nitriles is 1. The zero-order valence-corrected chi connectivity index (χ0v) is 15.4. The van der Waals surface area contributed by atoms with Crippen molar-refractivity contribution >= 4 is 17.9 Å². The standard InChI is InChI=1S/C22H17N5O2/c23-13-22(12-17-3-1-2-4-18(17)27-22)9-10-24-20-11-19(25-14-26-20)15-5-7-16(8-6-15)21(28)29/h1-8,11-12,14H,9-10H2,(H,28,29)(H,24,25,26). The molecule has 0 bridgehead atoms. The number of nitrogens with one attached hydrogen (secondary N) is 1. The Morgan fingerprint density at radius 2 is 1.93 bits per heavy atom. The Morgan fingerprint density at radius 3 is 2.66 bits per heavy atom. The van der Waals surface area contributed by atoms with E-state index < -0.39 is 11.5 Å². The number of aromatic nitrogens is 2. The molecule has 1 aliphatic rings. The molecule has 4 rings (SSSR count). The minimum absolute atomic E-state index is 0.223. The number of nitrogens with zero attached hydrogens (tertiary/aromatic N) is 4. The van der Waals surface area contributed by atoms with Gasteiger partial charge in [0.2, 0.25) is 0 Å². The predicted molar refractivity (Wildman–Crippen MR) is 108 cm³/mol. The van der Waals surface area contributed by atoms with E-state index in [2.05, 4.69) is 26.3 Å². The Balaban J connectivity index is 1.46. The first kappa shape index (κ1) is 18.3. The minimum Gasteiger partial charge on any atom is -0.478 e. The van der Waals surface area contributed by atoms with Crippen LogP contribution < -0.4 is 15.9 Å². The molecule has 1 atom stereocenters. The molecule has 1 unspecified atom stereocenters. The molecule has 0 fully saturated rings. The maximum Gasteiger partial charge on any atom is 0.335 e. The van der Waals surface area contributed by atoms with Gasteiger partial charge in [-0.15, -0.1) is 0 Å². The summed E-state index contributed by atoms with van der Waals surface area (Å²) in [5, 5.41) is 23.7. The van der Waals surface area contributed by atoms with Crippen molar-refractivity contribution < 1.29 is 9.90 Å². The van der Waals surface area contributed by atoms with Crippen molar-refractivity contribution in [2.45, 2.75) is 12.0 Å². The first-order chi connectivity index (χ1) is 14.1. The van der Waals surface area contributed by atoms with Crippen molar-refractivity contribution in [2.24, 2.45) is 4.99 Å². The van der Waals surface area contributed by atoms with E-state index in [0.29, 0.717) is 24.5 Å². The number of fused-ring (bicyclic) bond motifs is 1. The number of carboxylic acids is 1. The summed E-state index contributed by atoms with van der Waals surface area (Å²) in [5.74, 6) is -0.342. The zero-order valence-electron chi connectivity index (χ0n) is 15.4. The quantitative estimate of drug-likeness (QED) is 0.674. The number of rotatable bonds is 6. The summed E-state index contributed by atoms with van der Waals surface area (Å²) in [6.45, 7) is 0.510. The van der Waals surface area contributed by atoms with Gasteiger partial charge in [-0.05, 0) is 29.5 Å². The van der Waals surface area contributed by atoms with Crippen LogP contribution in [-0.4, -0.2) is 33.1 Å². The number of hydrogen-bond donors (Lipinski definition) is 2. The van der Waals surface area contributed by atoms with Crippen LogP contribution in [0.2, 0.25) is 0 Å². The summed E-state index contributed by atoms with van der Waals surface area (Å²) in [6.07, 6.45) is 3.86. The van der Waals surface area contributed by atoms with Gasteiger partial charge in [-0.25, -0.2) is 14.8 Å². The molecule has 1 aromatic heterocycles. The Morgan fingerprint density at radius 1 is 1.14 bits per heavy atom. The molecule has 0 spiro atoms. The maximum absolute atomic E-state index is 11.0. The largest absolute Gasteiger partial charge is 0.478 e. The van der Waals surface area contributed by atoms with Crippen molar-refractivity contribution in [1.82, 2.24) is 9.97 Å². The Bertz CT molecular complexity index is 1190. The summed E-state index contributed by atoms with van der Waals surface area (Å²) < 4.78 is 0. The molecule has 2 heterocycles. The number of para-hydroxylation sites is 1. The summed E-state index contributed by atoms with van der Waals surface area (Å²) in [7, 11) is 0. The van der Waals surface area contributed by atoms with E-state index in [9.17, 15) is 10.1 Å². The second kappa shape index (κ2) is 7.52. The lowest BCUT2D eigenvalue weighted by Gasteiger charge is -2.16. The van der Waals surface area contributed by atoms with E-state index >= 15 is 0 Å². The summed E-state index contributed by atoms with van der Waals surface area (Å²) >= 11 is 0. The number of aromatic carboxylic acids is 1. The third-order valence-electron chi connectivity index (χ3n) is 4.75. The molecular formula is C22H17N5O2. The molecule has 29 heavy (non-hydrogen) atoms. The number of carboxylic acid groups (broad SMARTS) is 1. The molecule has 7 heteroatoms. The zero-order chi connectivity index (χ0) is 20.3. The summed E-state index contributed by atoms with van der Waals surface area (Å²) in [5.41, 5.74) is 0.821. The SMILES string of the molecule is N#CC1(CCNc2cc(-c3ccc(C(=O)O)cc3)ncn2)C=c2ccccc2=N1. The molecule has 0 saturated carbocycles. The molecule has 0 amide bonds. The molecule has 7 nitrogen and oxygen atoms in total. The fraction of sp³-hybridized carbons (Fsp3) is 0.136. The van der Waals surface area contributed by atoms with Crippen LogP contribution in [0.5, 0.6) is 0 Å². The highest BCUT2D eigenvalue weighted by molar-refractivity contribution is 5.88. The number of hydrogen-bond acceptors (Lipinski definition) is 6. The second-order valence-corrected chi connectivity index (χ2v) is 6.70. The van der Waals surface area contributed by atoms with Gasteiger partial charge in [0.25, 0.3) is 0 Å². The number of anilines is 1. The molecule has 1 aliphatic heterocycles. The highest BCUT2D eigenvalue weighted by Crippen LogP contribution is 2.21. The van der Waals surface area contributed by atoms with Crippen molar-refractivity contribution in [2.75, 3.05) is 11.9 Å². The van der Waals surface area contributed by atoms with E-state index in [0.717, 1.165) is 16.1 Å². The van der Waals surface area contributed by atoms with Gasteiger partial charge in [-0.1, -0.05) is 30.3 Å². The van der Waals surface area contributed by atoms with Crippen LogP contribution in [0.1, 0.15) is 16.8 Å². The third kappa shape index (κ3) is 3.82. The lowest BCUT2D eigenvalue weighted by Crippen LogP contribution is -2.24. The molecular weight excluding hydrogens is 366 g/mol. The van der Waals surface area contributed by atoms with Gasteiger partial charge in [-0.3, -0.25) is 4.99 Å². The molecule has 0 saturated heterocycles. The topological polar surface area (TPSA) is 111 Å². The highest BCUT2D eigenvalue weighted by Gasteiger charge is 2.28. The van der Waals surface area contributed by atoms with Crippen LogP contribution in [0.3, 0.4) is 0 Å². The van der Waals surface area contributed by atoms with Crippen molar-refractivity contribution in [3.63, 3.8) is 0 Å². The fourth-order valence-electron chi connectivity index (χ4n) is 3.23. The molecule has 2 N–H and O–H groups in total. The lowest BCUT2D eigenvalue weighted by molar-refractivity contribution is 0.0697. The molecule has 142 valence electrons. The smallest absolute Gasteiger partial charge is 0.335 e. The van der Waals surface area contributed by atoms with Gasteiger partial charge >= 0.3 is 5.97 Å². The molecule has 3 aromatic rings. The third-order valence-corrected chi connectivity index (χ3v) is 4.75. The maximum atomic E-state index is 11.0. The van der Waals surface area contributed by atoms with Crippen LogP contribution in [0, 0.1) is 11.3 Å².